The summed E-state index contributed by atoms with van der Waals surface area (Å²) in [6, 6.07) is 6.01. The number of halogens is 1. The zero-order chi connectivity index (χ0) is 9.52. The van der Waals surface area contributed by atoms with Crippen LogP contribution in [-0.4, -0.2) is 11.5 Å². The van der Waals surface area contributed by atoms with Crippen LogP contribution in [0.25, 0.3) is 0 Å². The maximum Gasteiger partial charge on any atom is 0.0541 e. The minimum absolute atomic E-state index is 0. The van der Waals surface area contributed by atoms with Crippen LogP contribution in [0.1, 0.15) is 26.0 Å². The molecule has 1 aromatic heterocycles. The van der Waals surface area contributed by atoms with Gasteiger partial charge in [-0.2, -0.15) is 0 Å². The SMILES string of the molecule is CC(C)CCNCc1ccccn1.Cl. The molecule has 0 aromatic carbocycles. The summed E-state index contributed by atoms with van der Waals surface area (Å²) in [5.41, 5.74) is 1.12. The fraction of sp³-hybridized carbons (Fsp3) is 0.545. The molecule has 0 radical (unpaired) electrons. The summed E-state index contributed by atoms with van der Waals surface area (Å²) in [6.45, 7) is 6.44. The van der Waals surface area contributed by atoms with Crippen LogP contribution in [0.4, 0.5) is 0 Å². The highest BCUT2D eigenvalue weighted by atomic mass is 35.5. The van der Waals surface area contributed by atoms with Crippen molar-refractivity contribution in [3.8, 4) is 0 Å². The molecular formula is C11H19ClN2. The number of rotatable bonds is 5. The highest BCUT2D eigenvalue weighted by Crippen LogP contribution is 1.97. The van der Waals surface area contributed by atoms with Crippen molar-refractivity contribution in [1.82, 2.24) is 10.3 Å². The summed E-state index contributed by atoms with van der Waals surface area (Å²) >= 11 is 0. The second-order valence-corrected chi connectivity index (χ2v) is 3.68. The quantitative estimate of drug-likeness (QED) is 0.763. The van der Waals surface area contributed by atoms with E-state index in [1.54, 1.807) is 0 Å². The molecule has 0 amide bonds. The predicted molar refractivity (Wildman–Crippen MR) is 62.6 cm³/mol. The van der Waals surface area contributed by atoms with Gasteiger partial charge in [-0.25, -0.2) is 0 Å². The predicted octanol–water partition coefficient (Wildman–Crippen LogP) is 2.64. The van der Waals surface area contributed by atoms with E-state index in [4.69, 9.17) is 0 Å². The van der Waals surface area contributed by atoms with Gasteiger partial charge in [0.05, 0.1) is 5.69 Å². The van der Waals surface area contributed by atoms with Crippen LogP contribution in [0, 0.1) is 5.92 Å². The molecule has 14 heavy (non-hydrogen) atoms. The zero-order valence-electron chi connectivity index (χ0n) is 8.86. The topological polar surface area (TPSA) is 24.9 Å². The lowest BCUT2D eigenvalue weighted by Gasteiger charge is -2.05. The average Bonchev–Trinajstić information content (AvgIpc) is 2.14. The van der Waals surface area contributed by atoms with E-state index in [1.165, 1.54) is 6.42 Å². The Morgan fingerprint density at radius 3 is 2.71 bits per heavy atom. The van der Waals surface area contributed by atoms with Crippen molar-refractivity contribution in [2.45, 2.75) is 26.8 Å². The molecule has 0 saturated heterocycles. The Hall–Kier alpha value is -0.600. The van der Waals surface area contributed by atoms with Crippen molar-refractivity contribution in [1.29, 1.82) is 0 Å². The van der Waals surface area contributed by atoms with E-state index in [0.717, 1.165) is 24.7 Å². The van der Waals surface area contributed by atoms with Crippen molar-refractivity contribution in [2.75, 3.05) is 6.54 Å². The first-order chi connectivity index (χ1) is 6.29. The van der Waals surface area contributed by atoms with Gasteiger partial charge in [-0.1, -0.05) is 19.9 Å². The molecule has 1 heterocycles. The maximum absolute atomic E-state index is 4.23. The number of nitrogens with one attached hydrogen (secondary N) is 1. The molecule has 80 valence electrons. The second kappa shape index (κ2) is 7.77. The van der Waals surface area contributed by atoms with Crippen LogP contribution in [0.5, 0.6) is 0 Å². The second-order valence-electron chi connectivity index (χ2n) is 3.68. The minimum Gasteiger partial charge on any atom is -0.311 e. The standard InChI is InChI=1S/C11H18N2.ClH/c1-10(2)6-8-12-9-11-5-3-4-7-13-11;/h3-5,7,10,12H,6,8-9H2,1-2H3;1H. The highest BCUT2D eigenvalue weighted by Gasteiger charge is 1.94. The molecule has 2 nitrogen and oxygen atoms in total. The van der Waals surface area contributed by atoms with E-state index in [-0.39, 0.29) is 12.4 Å². The first-order valence-electron chi connectivity index (χ1n) is 4.89. The van der Waals surface area contributed by atoms with Gasteiger partial charge in [-0.3, -0.25) is 4.98 Å². The molecule has 0 aliphatic heterocycles. The Bertz CT molecular complexity index is 224. The van der Waals surface area contributed by atoms with E-state index >= 15 is 0 Å². The molecule has 3 heteroatoms. The summed E-state index contributed by atoms with van der Waals surface area (Å²) < 4.78 is 0. The van der Waals surface area contributed by atoms with E-state index < -0.39 is 0 Å². The van der Waals surface area contributed by atoms with Crippen LogP contribution in [0.15, 0.2) is 24.4 Å². The monoisotopic (exact) mass is 214 g/mol. The van der Waals surface area contributed by atoms with Crippen LogP contribution < -0.4 is 5.32 Å². The fourth-order valence-electron chi connectivity index (χ4n) is 1.11. The molecule has 0 fully saturated rings. The maximum atomic E-state index is 4.23. The van der Waals surface area contributed by atoms with Gasteiger partial charge in [0.2, 0.25) is 0 Å². The third-order valence-electron chi connectivity index (χ3n) is 1.93. The summed E-state index contributed by atoms with van der Waals surface area (Å²) in [7, 11) is 0. The third kappa shape index (κ3) is 5.95. The minimum atomic E-state index is 0. The van der Waals surface area contributed by atoms with E-state index in [1.807, 2.05) is 24.4 Å². The van der Waals surface area contributed by atoms with Crippen molar-refractivity contribution < 1.29 is 0 Å². The third-order valence-corrected chi connectivity index (χ3v) is 1.93. The molecule has 0 bridgehead atoms. The average molecular weight is 215 g/mol. The van der Waals surface area contributed by atoms with Crippen molar-refractivity contribution in [2.24, 2.45) is 5.92 Å². The Balaban J connectivity index is 0.00000169. The molecule has 0 unspecified atom stereocenters. The lowest BCUT2D eigenvalue weighted by molar-refractivity contribution is 0.535. The summed E-state index contributed by atoms with van der Waals surface area (Å²) in [5.74, 6) is 0.774. The summed E-state index contributed by atoms with van der Waals surface area (Å²) in [5, 5.41) is 3.37. The summed E-state index contributed by atoms with van der Waals surface area (Å²) in [6.07, 6.45) is 3.06. The van der Waals surface area contributed by atoms with Crippen LogP contribution >= 0.6 is 12.4 Å². The Kier molecular flexibility index (Phi) is 7.44. The lowest BCUT2D eigenvalue weighted by atomic mass is 10.1. The number of hydrogen-bond donors (Lipinski definition) is 1. The highest BCUT2D eigenvalue weighted by molar-refractivity contribution is 5.85. The molecular weight excluding hydrogens is 196 g/mol. The Morgan fingerprint density at radius 2 is 2.14 bits per heavy atom. The summed E-state index contributed by atoms with van der Waals surface area (Å²) in [4.78, 5) is 4.23. The van der Waals surface area contributed by atoms with E-state index in [2.05, 4.69) is 24.1 Å². The van der Waals surface area contributed by atoms with Gasteiger partial charge in [0.1, 0.15) is 0 Å². The molecule has 1 N–H and O–H groups in total. The van der Waals surface area contributed by atoms with Crippen molar-refractivity contribution in [3.63, 3.8) is 0 Å². The van der Waals surface area contributed by atoms with Gasteiger partial charge in [-0.05, 0) is 31.0 Å². The van der Waals surface area contributed by atoms with Crippen LogP contribution in [0.3, 0.4) is 0 Å². The van der Waals surface area contributed by atoms with Crippen LogP contribution in [-0.2, 0) is 6.54 Å². The van der Waals surface area contributed by atoms with Gasteiger partial charge < -0.3 is 5.32 Å². The number of hydrogen-bond acceptors (Lipinski definition) is 2. The Morgan fingerprint density at radius 1 is 1.36 bits per heavy atom. The van der Waals surface area contributed by atoms with E-state index in [9.17, 15) is 0 Å². The van der Waals surface area contributed by atoms with Gasteiger partial charge in [0.25, 0.3) is 0 Å². The molecule has 0 aliphatic rings. The number of aromatic nitrogens is 1. The van der Waals surface area contributed by atoms with Crippen LogP contribution in [0.2, 0.25) is 0 Å². The lowest BCUT2D eigenvalue weighted by Crippen LogP contribution is -2.16. The molecule has 1 aromatic rings. The first-order valence-corrected chi connectivity index (χ1v) is 4.89. The smallest absolute Gasteiger partial charge is 0.0541 e. The fourth-order valence-corrected chi connectivity index (χ4v) is 1.11. The van der Waals surface area contributed by atoms with E-state index in [0.29, 0.717) is 0 Å². The van der Waals surface area contributed by atoms with Gasteiger partial charge in [-0.15, -0.1) is 12.4 Å². The first kappa shape index (κ1) is 13.4. The van der Waals surface area contributed by atoms with Gasteiger partial charge >= 0.3 is 0 Å². The molecule has 0 aliphatic carbocycles. The molecule has 0 saturated carbocycles. The van der Waals surface area contributed by atoms with Gasteiger partial charge in [0.15, 0.2) is 0 Å². The normalized spacial score (nSPS) is 9.93. The number of pyridine rings is 1. The van der Waals surface area contributed by atoms with Gasteiger partial charge in [0, 0.05) is 12.7 Å². The zero-order valence-corrected chi connectivity index (χ0v) is 9.68. The van der Waals surface area contributed by atoms with Crippen molar-refractivity contribution >= 4 is 12.4 Å². The largest absolute Gasteiger partial charge is 0.311 e. The Labute approximate surface area is 92.5 Å². The number of nitrogens with zero attached hydrogens (tertiary/aromatic N) is 1. The van der Waals surface area contributed by atoms with Crippen molar-refractivity contribution in [3.05, 3.63) is 30.1 Å². The molecule has 0 atom stereocenters. The molecule has 0 spiro atoms. The molecule has 1 rings (SSSR count).